The third kappa shape index (κ3) is 3.89. The maximum Gasteiger partial charge on any atom is 0.355 e. The van der Waals surface area contributed by atoms with Crippen molar-refractivity contribution in [2.75, 3.05) is 11.9 Å². The van der Waals surface area contributed by atoms with Crippen molar-refractivity contribution in [3.63, 3.8) is 0 Å². The molecule has 0 aliphatic rings. The molecule has 0 saturated heterocycles. The number of rotatable bonds is 6. The van der Waals surface area contributed by atoms with Crippen LogP contribution in [0.4, 0.5) is 11.4 Å². The number of thiazole rings is 1. The van der Waals surface area contributed by atoms with Crippen molar-refractivity contribution in [3.8, 4) is 0 Å². The van der Waals surface area contributed by atoms with E-state index in [1.54, 1.807) is 0 Å². The zero-order chi connectivity index (χ0) is 15.4. The number of carbonyl (C=O) groups is 1. The van der Waals surface area contributed by atoms with Gasteiger partial charge in [-0.1, -0.05) is 11.6 Å². The SMILES string of the molecule is O=C(O)c1csc(CCNc2cc(Cl)ccc2[N+](=O)[O-])n1. The Morgan fingerprint density at radius 1 is 1.52 bits per heavy atom. The number of aromatic carboxylic acids is 1. The lowest BCUT2D eigenvalue weighted by Crippen LogP contribution is -2.07. The highest BCUT2D eigenvalue weighted by Gasteiger charge is 2.14. The first-order valence-electron chi connectivity index (χ1n) is 5.83. The summed E-state index contributed by atoms with van der Waals surface area (Å²) in [6, 6.07) is 4.26. The molecule has 0 aliphatic heterocycles. The molecular formula is C12H10ClN3O4S. The third-order valence-electron chi connectivity index (χ3n) is 2.58. The minimum Gasteiger partial charge on any atom is -0.476 e. The number of carboxylic acids is 1. The average molecular weight is 328 g/mol. The Morgan fingerprint density at radius 3 is 2.90 bits per heavy atom. The topological polar surface area (TPSA) is 105 Å². The van der Waals surface area contributed by atoms with Crippen LogP contribution >= 0.6 is 22.9 Å². The predicted octanol–water partition coefficient (Wildman–Crippen LogP) is 3.06. The highest BCUT2D eigenvalue weighted by molar-refractivity contribution is 7.09. The van der Waals surface area contributed by atoms with Gasteiger partial charge in [-0.15, -0.1) is 11.3 Å². The summed E-state index contributed by atoms with van der Waals surface area (Å²) in [5.41, 5.74) is 0.260. The van der Waals surface area contributed by atoms with E-state index in [2.05, 4.69) is 10.3 Å². The number of nitro benzene ring substituents is 1. The lowest BCUT2D eigenvalue weighted by Gasteiger charge is -2.06. The standard InChI is InChI=1S/C12H10ClN3O4S/c13-7-1-2-10(16(19)20)8(5-7)14-4-3-11-15-9(6-21-11)12(17)18/h1-2,5-6,14H,3-4H2,(H,17,18). The van der Waals surface area contributed by atoms with Crippen LogP contribution in [0.25, 0.3) is 0 Å². The number of nitrogens with one attached hydrogen (secondary N) is 1. The summed E-state index contributed by atoms with van der Waals surface area (Å²) in [4.78, 5) is 25.0. The number of hydrogen-bond donors (Lipinski definition) is 2. The van der Waals surface area contributed by atoms with Gasteiger partial charge in [0.2, 0.25) is 0 Å². The number of halogens is 1. The number of nitro groups is 1. The van der Waals surface area contributed by atoms with E-state index in [9.17, 15) is 14.9 Å². The van der Waals surface area contributed by atoms with Gasteiger partial charge >= 0.3 is 5.97 Å². The second-order valence-corrected chi connectivity index (χ2v) is 5.41. The Hall–Kier alpha value is -2.19. The molecule has 0 bridgehead atoms. The molecule has 1 heterocycles. The van der Waals surface area contributed by atoms with Gasteiger partial charge in [0.25, 0.3) is 5.69 Å². The minimum atomic E-state index is -1.07. The van der Waals surface area contributed by atoms with Crippen LogP contribution in [0.15, 0.2) is 23.6 Å². The number of benzene rings is 1. The maximum absolute atomic E-state index is 10.9. The Morgan fingerprint density at radius 2 is 2.29 bits per heavy atom. The Balaban J connectivity index is 2.01. The van der Waals surface area contributed by atoms with Gasteiger partial charge in [-0.25, -0.2) is 9.78 Å². The van der Waals surface area contributed by atoms with Crippen LogP contribution in [-0.2, 0) is 6.42 Å². The van der Waals surface area contributed by atoms with Crippen LogP contribution < -0.4 is 5.32 Å². The molecule has 2 rings (SSSR count). The predicted molar refractivity (Wildman–Crippen MR) is 79.4 cm³/mol. The van der Waals surface area contributed by atoms with E-state index in [1.807, 2.05) is 0 Å². The second-order valence-electron chi connectivity index (χ2n) is 4.03. The first kappa shape index (κ1) is 15.2. The van der Waals surface area contributed by atoms with Crippen molar-refractivity contribution in [2.24, 2.45) is 0 Å². The van der Waals surface area contributed by atoms with E-state index in [0.717, 1.165) is 0 Å². The van der Waals surface area contributed by atoms with Crippen LogP contribution in [0.2, 0.25) is 5.02 Å². The summed E-state index contributed by atoms with van der Waals surface area (Å²) >= 11 is 7.05. The normalized spacial score (nSPS) is 10.3. The summed E-state index contributed by atoms with van der Waals surface area (Å²) in [5, 5.41) is 25.1. The highest BCUT2D eigenvalue weighted by atomic mass is 35.5. The molecule has 1 aromatic heterocycles. The van der Waals surface area contributed by atoms with Crippen LogP contribution in [0.1, 0.15) is 15.5 Å². The van der Waals surface area contributed by atoms with Gasteiger partial charge in [0, 0.05) is 29.4 Å². The van der Waals surface area contributed by atoms with Gasteiger partial charge in [-0.05, 0) is 12.1 Å². The van der Waals surface area contributed by atoms with Gasteiger partial charge in [0.15, 0.2) is 5.69 Å². The molecule has 0 amide bonds. The van der Waals surface area contributed by atoms with Crippen LogP contribution in [-0.4, -0.2) is 27.5 Å². The van der Waals surface area contributed by atoms with Crippen molar-refractivity contribution in [1.29, 1.82) is 0 Å². The minimum absolute atomic E-state index is 0.00346. The largest absolute Gasteiger partial charge is 0.476 e. The molecule has 0 atom stereocenters. The van der Waals surface area contributed by atoms with Gasteiger partial charge in [0.1, 0.15) is 5.69 Å². The van der Waals surface area contributed by atoms with E-state index >= 15 is 0 Å². The summed E-state index contributed by atoms with van der Waals surface area (Å²) in [6.45, 7) is 0.383. The third-order valence-corrected chi connectivity index (χ3v) is 3.72. The zero-order valence-corrected chi connectivity index (χ0v) is 12.1. The monoisotopic (exact) mass is 327 g/mol. The lowest BCUT2D eigenvalue weighted by molar-refractivity contribution is -0.384. The molecule has 2 N–H and O–H groups in total. The van der Waals surface area contributed by atoms with Gasteiger partial charge < -0.3 is 10.4 Å². The number of aromatic nitrogens is 1. The van der Waals surface area contributed by atoms with E-state index in [1.165, 1.54) is 34.9 Å². The molecule has 0 fully saturated rings. The molecule has 1 aromatic carbocycles. The van der Waals surface area contributed by atoms with Gasteiger partial charge in [0.05, 0.1) is 9.93 Å². The fourth-order valence-corrected chi connectivity index (χ4v) is 2.58. The fourth-order valence-electron chi connectivity index (χ4n) is 1.64. The fraction of sp³-hybridized carbons (Fsp3) is 0.167. The molecule has 2 aromatic rings. The molecule has 0 unspecified atom stereocenters. The molecule has 0 radical (unpaired) electrons. The highest BCUT2D eigenvalue weighted by Crippen LogP contribution is 2.27. The maximum atomic E-state index is 10.9. The molecule has 0 saturated carbocycles. The summed E-state index contributed by atoms with van der Waals surface area (Å²) in [7, 11) is 0. The van der Waals surface area contributed by atoms with Crippen LogP contribution in [0.5, 0.6) is 0 Å². The molecule has 0 spiro atoms. The molecule has 0 aliphatic carbocycles. The Kier molecular flexibility index (Phi) is 4.71. The molecular weight excluding hydrogens is 318 g/mol. The van der Waals surface area contributed by atoms with Crippen molar-refractivity contribution in [2.45, 2.75) is 6.42 Å². The van der Waals surface area contributed by atoms with E-state index in [0.29, 0.717) is 28.7 Å². The first-order valence-corrected chi connectivity index (χ1v) is 7.08. The van der Waals surface area contributed by atoms with E-state index in [-0.39, 0.29) is 11.4 Å². The van der Waals surface area contributed by atoms with Gasteiger partial charge in [-0.3, -0.25) is 10.1 Å². The smallest absolute Gasteiger partial charge is 0.355 e. The van der Waals surface area contributed by atoms with E-state index in [4.69, 9.17) is 16.7 Å². The number of hydrogen-bond acceptors (Lipinski definition) is 6. The van der Waals surface area contributed by atoms with Crippen LogP contribution in [0, 0.1) is 10.1 Å². The van der Waals surface area contributed by atoms with Crippen molar-refractivity contribution < 1.29 is 14.8 Å². The molecule has 7 nitrogen and oxygen atoms in total. The average Bonchev–Trinajstić information content (AvgIpc) is 2.87. The Labute approximate surface area is 128 Å². The van der Waals surface area contributed by atoms with Crippen LogP contribution in [0.3, 0.4) is 0 Å². The quantitative estimate of drug-likeness (QED) is 0.624. The summed E-state index contributed by atoms with van der Waals surface area (Å²) < 4.78 is 0. The number of carboxylic acid groups (broad SMARTS) is 1. The second kappa shape index (κ2) is 6.51. The first-order chi connectivity index (χ1) is 9.97. The number of nitrogens with zero attached hydrogens (tertiary/aromatic N) is 2. The number of anilines is 1. The molecule has 21 heavy (non-hydrogen) atoms. The van der Waals surface area contributed by atoms with Crippen molar-refractivity contribution in [3.05, 3.63) is 49.4 Å². The van der Waals surface area contributed by atoms with E-state index < -0.39 is 10.9 Å². The molecule has 9 heteroatoms. The Bertz CT molecular complexity index is 689. The van der Waals surface area contributed by atoms with Crippen molar-refractivity contribution in [1.82, 2.24) is 4.98 Å². The summed E-state index contributed by atoms with van der Waals surface area (Å²) in [6.07, 6.45) is 0.460. The molecule has 110 valence electrons. The van der Waals surface area contributed by atoms with Gasteiger partial charge in [-0.2, -0.15) is 0 Å². The zero-order valence-electron chi connectivity index (χ0n) is 10.6. The van der Waals surface area contributed by atoms with Crippen molar-refractivity contribution >= 4 is 40.3 Å². The summed E-state index contributed by atoms with van der Waals surface area (Å²) in [5.74, 6) is -1.07. The lowest BCUT2D eigenvalue weighted by atomic mass is 10.2.